The average molecular weight is 353 g/mol. The summed E-state index contributed by atoms with van der Waals surface area (Å²) in [7, 11) is 0. The van der Waals surface area contributed by atoms with E-state index < -0.39 is 11.2 Å². The highest BCUT2D eigenvalue weighted by Crippen LogP contribution is 2.34. The standard InChI is InChI=1S/C17H11N3O4S/c21-16-13-7-2-1-6-12(13)15(24-16)19-17-18-14(9-25-17)10-4-3-5-11(8-10)20(22)23/h1-9,15H,(H,18,19)/t15-/m1/s1. The first-order valence-corrected chi connectivity index (χ1v) is 8.26. The number of non-ortho nitro benzene ring substituents is 1. The van der Waals surface area contributed by atoms with Crippen LogP contribution in [0.5, 0.6) is 0 Å². The van der Waals surface area contributed by atoms with Gasteiger partial charge in [0.15, 0.2) is 5.13 Å². The second-order valence-corrected chi connectivity index (χ2v) is 6.22. The maximum Gasteiger partial charge on any atom is 0.340 e. The molecule has 4 rings (SSSR count). The zero-order chi connectivity index (χ0) is 17.4. The van der Waals surface area contributed by atoms with Crippen molar-refractivity contribution in [2.75, 3.05) is 5.32 Å². The van der Waals surface area contributed by atoms with Crippen LogP contribution in [0.3, 0.4) is 0 Å². The number of carbonyl (C=O) groups excluding carboxylic acids is 1. The summed E-state index contributed by atoms with van der Waals surface area (Å²) in [6.45, 7) is 0. The number of aromatic nitrogens is 1. The predicted molar refractivity (Wildman–Crippen MR) is 92.4 cm³/mol. The number of cyclic esters (lactones) is 1. The lowest BCUT2D eigenvalue weighted by molar-refractivity contribution is -0.384. The smallest absolute Gasteiger partial charge is 0.340 e. The summed E-state index contributed by atoms with van der Waals surface area (Å²) in [6, 6.07) is 13.5. The van der Waals surface area contributed by atoms with Crippen molar-refractivity contribution in [2.24, 2.45) is 0 Å². The van der Waals surface area contributed by atoms with Gasteiger partial charge in [0.05, 0.1) is 16.2 Å². The van der Waals surface area contributed by atoms with Crippen LogP contribution < -0.4 is 5.32 Å². The summed E-state index contributed by atoms with van der Waals surface area (Å²) < 4.78 is 5.33. The van der Waals surface area contributed by atoms with Gasteiger partial charge in [0.2, 0.25) is 6.23 Å². The first-order valence-electron chi connectivity index (χ1n) is 7.38. The zero-order valence-corrected chi connectivity index (χ0v) is 13.5. The number of anilines is 1. The fraction of sp³-hybridized carbons (Fsp3) is 0.0588. The number of hydrogen-bond donors (Lipinski definition) is 1. The lowest BCUT2D eigenvalue weighted by Crippen LogP contribution is -2.09. The van der Waals surface area contributed by atoms with Crippen LogP contribution >= 0.6 is 11.3 Å². The Hall–Kier alpha value is -3.26. The second kappa shape index (κ2) is 5.99. The first kappa shape index (κ1) is 15.3. The summed E-state index contributed by atoms with van der Waals surface area (Å²) in [4.78, 5) is 26.7. The Kier molecular flexibility index (Phi) is 3.66. The third-order valence-electron chi connectivity index (χ3n) is 3.80. The fourth-order valence-corrected chi connectivity index (χ4v) is 3.35. The largest absolute Gasteiger partial charge is 0.434 e. The van der Waals surface area contributed by atoms with Gasteiger partial charge in [-0.2, -0.15) is 0 Å². The quantitative estimate of drug-likeness (QED) is 0.433. The van der Waals surface area contributed by atoms with Crippen molar-refractivity contribution in [3.05, 3.63) is 75.2 Å². The zero-order valence-electron chi connectivity index (χ0n) is 12.7. The number of fused-ring (bicyclic) bond motifs is 1. The molecule has 0 aliphatic carbocycles. The van der Waals surface area contributed by atoms with Crippen LogP contribution in [0.2, 0.25) is 0 Å². The van der Waals surface area contributed by atoms with E-state index >= 15 is 0 Å². The minimum absolute atomic E-state index is 0.0126. The van der Waals surface area contributed by atoms with E-state index in [9.17, 15) is 14.9 Å². The van der Waals surface area contributed by atoms with Crippen molar-refractivity contribution in [3.63, 3.8) is 0 Å². The number of rotatable bonds is 4. The molecule has 0 amide bonds. The van der Waals surface area contributed by atoms with Crippen LogP contribution in [0.1, 0.15) is 22.1 Å². The summed E-state index contributed by atoms with van der Waals surface area (Å²) in [6.07, 6.45) is -0.590. The van der Waals surface area contributed by atoms with Gasteiger partial charge in [0.25, 0.3) is 5.69 Å². The predicted octanol–water partition coefficient (Wildman–Crippen LogP) is 4.00. The van der Waals surface area contributed by atoms with Crippen molar-refractivity contribution in [3.8, 4) is 11.3 Å². The Morgan fingerprint density at radius 1 is 1.20 bits per heavy atom. The van der Waals surface area contributed by atoms with Crippen molar-refractivity contribution in [2.45, 2.75) is 6.23 Å². The van der Waals surface area contributed by atoms with E-state index in [0.717, 1.165) is 5.56 Å². The van der Waals surface area contributed by atoms with E-state index in [1.165, 1.54) is 23.5 Å². The molecule has 1 aliphatic rings. The Balaban J connectivity index is 1.58. The summed E-state index contributed by atoms with van der Waals surface area (Å²) >= 11 is 1.34. The van der Waals surface area contributed by atoms with Crippen LogP contribution in [-0.4, -0.2) is 15.9 Å². The third-order valence-corrected chi connectivity index (χ3v) is 4.57. The molecule has 8 heteroatoms. The average Bonchev–Trinajstić information content (AvgIpc) is 3.21. The minimum atomic E-state index is -0.590. The van der Waals surface area contributed by atoms with Gasteiger partial charge in [-0.3, -0.25) is 10.1 Å². The number of carbonyl (C=O) groups is 1. The van der Waals surface area contributed by atoms with Crippen molar-refractivity contribution in [1.82, 2.24) is 4.98 Å². The molecular formula is C17H11N3O4S. The maximum atomic E-state index is 11.9. The van der Waals surface area contributed by atoms with Gasteiger partial charge in [-0.1, -0.05) is 30.3 Å². The van der Waals surface area contributed by atoms with Crippen molar-refractivity contribution in [1.29, 1.82) is 0 Å². The molecule has 0 radical (unpaired) electrons. The Bertz CT molecular complexity index is 985. The molecule has 2 aromatic carbocycles. The number of esters is 1. The van der Waals surface area contributed by atoms with Gasteiger partial charge in [0.1, 0.15) is 0 Å². The van der Waals surface area contributed by atoms with Gasteiger partial charge in [-0.25, -0.2) is 9.78 Å². The molecule has 0 unspecified atom stereocenters. The molecule has 1 N–H and O–H groups in total. The van der Waals surface area contributed by atoms with Crippen molar-refractivity contribution >= 4 is 28.1 Å². The molecule has 0 spiro atoms. The van der Waals surface area contributed by atoms with Gasteiger partial charge in [-0.05, 0) is 6.07 Å². The molecule has 7 nitrogen and oxygen atoms in total. The molecule has 25 heavy (non-hydrogen) atoms. The normalized spacial score (nSPS) is 15.5. The van der Waals surface area contributed by atoms with Gasteiger partial charge in [0, 0.05) is 28.6 Å². The molecule has 0 saturated carbocycles. The molecule has 0 bridgehead atoms. The van der Waals surface area contributed by atoms with Crippen LogP contribution in [-0.2, 0) is 4.74 Å². The molecule has 1 aromatic heterocycles. The lowest BCUT2D eigenvalue weighted by atomic mass is 10.1. The van der Waals surface area contributed by atoms with Crippen LogP contribution in [0, 0.1) is 10.1 Å². The number of thiazole rings is 1. The monoisotopic (exact) mass is 353 g/mol. The molecular weight excluding hydrogens is 342 g/mol. The number of nitrogens with one attached hydrogen (secondary N) is 1. The lowest BCUT2D eigenvalue weighted by Gasteiger charge is -2.11. The SMILES string of the molecule is O=C1O[C@@H](Nc2nc(-c3cccc([N+](=O)[O-])c3)cs2)c2ccccc21. The number of nitro groups is 1. The van der Waals surface area contributed by atoms with E-state index in [0.29, 0.717) is 22.0 Å². The maximum absolute atomic E-state index is 11.9. The van der Waals surface area contributed by atoms with Crippen LogP contribution in [0.4, 0.5) is 10.8 Å². The molecule has 0 saturated heterocycles. The highest BCUT2D eigenvalue weighted by molar-refractivity contribution is 7.14. The van der Waals surface area contributed by atoms with E-state index in [2.05, 4.69) is 10.3 Å². The number of nitro benzene ring substituents is 1. The van der Waals surface area contributed by atoms with Crippen LogP contribution in [0.15, 0.2) is 53.9 Å². The fourth-order valence-electron chi connectivity index (χ4n) is 2.62. The minimum Gasteiger partial charge on any atom is -0.434 e. The van der Waals surface area contributed by atoms with E-state index in [1.807, 2.05) is 12.1 Å². The number of benzene rings is 2. The highest BCUT2D eigenvalue weighted by atomic mass is 32.1. The Morgan fingerprint density at radius 3 is 2.88 bits per heavy atom. The third kappa shape index (κ3) is 2.83. The topological polar surface area (TPSA) is 94.4 Å². The van der Waals surface area contributed by atoms with Crippen molar-refractivity contribution < 1.29 is 14.5 Å². The molecule has 124 valence electrons. The summed E-state index contributed by atoms with van der Waals surface area (Å²) in [5.74, 6) is -0.372. The molecule has 1 atom stereocenters. The number of ether oxygens (including phenoxy) is 1. The highest BCUT2D eigenvalue weighted by Gasteiger charge is 2.31. The first-order chi connectivity index (χ1) is 12.1. The number of hydrogen-bond acceptors (Lipinski definition) is 7. The molecule has 3 aromatic rings. The van der Waals surface area contributed by atoms with E-state index in [-0.39, 0.29) is 11.7 Å². The molecule has 2 heterocycles. The van der Waals surface area contributed by atoms with Crippen LogP contribution in [0.25, 0.3) is 11.3 Å². The Labute approximate surface area is 146 Å². The Morgan fingerprint density at radius 2 is 2.04 bits per heavy atom. The van der Waals surface area contributed by atoms with Gasteiger partial charge in [-0.15, -0.1) is 11.3 Å². The summed E-state index contributed by atoms with van der Waals surface area (Å²) in [5, 5.41) is 16.3. The van der Waals surface area contributed by atoms with E-state index in [4.69, 9.17) is 4.74 Å². The second-order valence-electron chi connectivity index (χ2n) is 5.36. The van der Waals surface area contributed by atoms with Gasteiger partial charge >= 0.3 is 5.97 Å². The number of nitrogens with zero attached hydrogens (tertiary/aromatic N) is 2. The van der Waals surface area contributed by atoms with E-state index in [1.54, 1.807) is 29.6 Å². The molecule has 0 fully saturated rings. The molecule has 1 aliphatic heterocycles. The summed E-state index contributed by atoms with van der Waals surface area (Å²) in [5.41, 5.74) is 2.59. The van der Waals surface area contributed by atoms with Gasteiger partial charge < -0.3 is 10.1 Å².